The Labute approximate surface area is 111 Å². The molecular weight excluding hydrogens is 236 g/mol. The van der Waals surface area contributed by atoms with Gasteiger partial charge in [-0.3, -0.25) is 4.57 Å². The lowest BCUT2D eigenvalue weighted by molar-refractivity contribution is 1.03. The van der Waals surface area contributed by atoms with Crippen LogP contribution in [0, 0.1) is 22.7 Å². The maximum absolute atomic E-state index is 9.13. The molecule has 0 aliphatic heterocycles. The van der Waals surface area contributed by atoms with E-state index in [9.17, 15) is 0 Å². The van der Waals surface area contributed by atoms with Gasteiger partial charge >= 0.3 is 0 Å². The van der Waals surface area contributed by atoms with Gasteiger partial charge in [0.05, 0.1) is 0 Å². The average Bonchev–Trinajstić information content (AvgIpc) is 2.89. The summed E-state index contributed by atoms with van der Waals surface area (Å²) in [5.41, 5.74) is 2.90. The van der Waals surface area contributed by atoms with Gasteiger partial charge in [0.2, 0.25) is 0 Å². The van der Waals surface area contributed by atoms with Crippen molar-refractivity contribution in [1.29, 1.82) is 10.5 Å². The molecule has 1 aromatic carbocycles. The van der Waals surface area contributed by atoms with Gasteiger partial charge in [0.1, 0.15) is 18.5 Å². The van der Waals surface area contributed by atoms with Crippen molar-refractivity contribution in [2.75, 3.05) is 0 Å². The molecule has 0 radical (unpaired) electrons. The van der Waals surface area contributed by atoms with Crippen LogP contribution in [0.5, 0.6) is 0 Å². The lowest BCUT2D eigenvalue weighted by Gasteiger charge is -2.07. The molecule has 2 rings (SSSR count). The highest BCUT2D eigenvalue weighted by atomic mass is 15.1. The SMILES string of the molecule is C=Cc1cc(C=C)cc(-n2cnc(C#N)c2C#N)c1. The normalized spacial score (nSPS) is 9.37. The molecular formula is C15H10N4. The van der Waals surface area contributed by atoms with Crippen molar-refractivity contribution >= 4 is 12.2 Å². The second-order valence-electron chi connectivity index (χ2n) is 3.80. The highest BCUT2D eigenvalue weighted by Crippen LogP contribution is 2.19. The van der Waals surface area contributed by atoms with E-state index >= 15 is 0 Å². The van der Waals surface area contributed by atoms with E-state index in [2.05, 4.69) is 18.1 Å². The van der Waals surface area contributed by atoms with Gasteiger partial charge in [0.25, 0.3) is 0 Å². The molecule has 0 amide bonds. The largest absolute Gasteiger partial charge is 0.289 e. The second kappa shape index (κ2) is 5.03. The van der Waals surface area contributed by atoms with Crippen molar-refractivity contribution in [3.05, 3.63) is 60.2 Å². The maximum Gasteiger partial charge on any atom is 0.177 e. The van der Waals surface area contributed by atoms with Gasteiger partial charge in [-0.2, -0.15) is 10.5 Å². The third-order valence-electron chi connectivity index (χ3n) is 2.69. The fourth-order valence-corrected chi connectivity index (χ4v) is 1.77. The van der Waals surface area contributed by atoms with Crippen molar-refractivity contribution in [2.24, 2.45) is 0 Å². The first-order valence-electron chi connectivity index (χ1n) is 5.51. The Hall–Kier alpha value is -3.11. The number of imidazole rings is 1. The van der Waals surface area contributed by atoms with E-state index in [0.717, 1.165) is 16.8 Å². The van der Waals surface area contributed by atoms with Crippen LogP contribution >= 0.6 is 0 Å². The number of rotatable bonds is 3. The Balaban J connectivity index is 2.69. The molecule has 0 saturated heterocycles. The number of hydrogen-bond acceptors (Lipinski definition) is 3. The highest BCUT2D eigenvalue weighted by molar-refractivity contribution is 5.61. The first kappa shape index (κ1) is 12.3. The summed E-state index contributed by atoms with van der Waals surface area (Å²) < 4.78 is 1.58. The topological polar surface area (TPSA) is 65.4 Å². The quantitative estimate of drug-likeness (QED) is 0.836. The molecule has 19 heavy (non-hydrogen) atoms. The zero-order chi connectivity index (χ0) is 13.8. The summed E-state index contributed by atoms with van der Waals surface area (Å²) in [7, 11) is 0. The molecule has 0 bridgehead atoms. The second-order valence-corrected chi connectivity index (χ2v) is 3.80. The van der Waals surface area contributed by atoms with Crippen molar-refractivity contribution in [1.82, 2.24) is 9.55 Å². The summed E-state index contributed by atoms with van der Waals surface area (Å²) in [6, 6.07) is 9.55. The van der Waals surface area contributed by atoms with Gasteiger partial charge < -0.3 is 0 Å². The van der Waals surface area contributed by atoms with E-state index in [4.69, 9.17) is 10.5 Å². The van der Waals surface area contributed by atoms with Gasteiger partial charge in [-0.25, -0.2) is 4.98 Å². The summed E-state index contributed by atoms with van der Waals surface area (Å²) in [4.78, 5) is 3.92. The van der Waals surface area contributed by atoms with Crippen LogP contribution in [-0.2, 0) is 0 Å². The first-order chi connectivity index (χ1) is 9.23. The van der Waals surface area contributed by atoms with Crippen molar-refractivity contribution in [2.45, 2.75) is 0 Å². The molecule has 1 heterocycles. The van der Waals surface area contributed by atoms with Crippen LogP contribution < -0.4 is 0 Å². The molecule has 0 unspecified atom stereocenters. The van der Waals surface area contributed by atoms with Gasteiger partial charge in [0, 0.05) is 5.69 Å². The van der Waals surface area contributed by atoms with E-state index in [1.54, 1.807) is 16.7 Å². The summed E-state index contributed by atoms with van der Waals surface area (Å²) in [5, 5.41) is 18.0. The molecule has 4 heteroatoms. The van der Waals surface area contributed by atoms with Crippen LogP contribution in [0.1, 0.15) is 22.5 Å². The van der Waals surface area contributed by atoms with E-state index in [1.807, 2.05) is 30.3 Å². The minimum atomic E-state index is 0.117. The minimum Gasteiger partial charge on any atom is -0.289 e. The Morgan fingerprint density at radius 2 is 1.68 bits per heavy atom. The molecule has 0 fully saturated rings. The van der Waals surface area contributed by atoms with E-state index in [0.29, 0.717) is 0 Å². The molecule has 0 atom stereocenters. The Morgan fingerprint density at radius 1 is 1.05 bits per heavy atom. The summed E-state index contributed by atoms with van der Waals surface area (Å²) in [6.07, 6.45) is 4.89. The molecule has 4 nitrogen and oxygen atoms in total. The molecule has 0 aliphatic rings. The number of nitriles is 2. The van der Waals surface area contributed by atoms with Gasteiger partial charge in [0.15, 0.2) is 11.4 Å². The van der Waals surface area contributed by atoms with Crippen LogP contribution in [0.15, 0.2) is 37.7 Å². The number of nitrogens with zero attached hydrogens (tertiary/aromatic N) is 4. The standard InChI is InChI=1S/C15H10N4/c1-3-11-5-12(4-2)7-13(6-11)19-10-18-14(8-16)15(19)9-17/h3-7,10H,1-2H2. The van der Waals surface area contributed by atoms with Crippen LogP contribution in [0.3, 0.4) is 0 Å². The lowest BCUT2D eigenvalue weighted by Crippen LogP contribution is -1.97. The monoisotopic (exact) mass is 246 g/mol. The predicted octanol–water partition coefficient (Wildman–Crippen LogP) is 2.90. The van der Waals surface area contributed by atoms with Crippen molar-refractivity contribution < 1.29 is 0 Å². The fourth-order valence-electron chi connectivity index (χ4n) is 1.77. The summed E-state index contributed by atoms with van der Waals surface area (Å²) in [5.74, 6) is 0. The minimum absolute atomic E-state index is 0.117. The molecule has 0 N–H and O–H groups in total. The summed E-state index contributed by atoms with van der Waals surface area (Å²) in [6.45, 7) is 7.46. The maximum atomic E-state index is 9.13. The zero-order valence-electron chi connectivity index (χ0n) is 10.2. The smallest absolute Gasteiger partial charge is 0.177 e. The molecule has 90 valence electrons. The molecule has 0 spiro atoms. The van der Waals surface area contributed by atoms with Gasteiger partial charge in [-0.05, 0) is 29.3 Å². The highest BCUT2D eigenvalue weighted by Gasteiger charge is 2.11. The number of benzene rings is 1. The molecule has 1 aromatic heterocycles. The fraction of sp³-hybridized carbons (Fsp3) is 0. The van der Waals surface area contributed by atoms with E-state index in [-0.39, 0.29) is 11.4 Å². The lowest BCUT2D eigenvalue weighted by atomic mass is 10.1. The van der Waals surface area contributed by atoms with Gasteiger partial charge in [-0.1, -0.05) is 25.3 Å². The summed E-state index contributed by atoms with van der Waals surface area (Å²) >= 11 is 0. The Bertz CT molecular complexity index is 712. The average molecular weight is 246 g/mol. The molecule has 2 aromatic rings. The van der Waals surface area contributed by atoms with Crippen molar-refractivity contribution in [3.63, 3.8) is 0 Å². The predicted molar refractivity (Wildman–Crippen MR) is 73.2 cm³/mol. The Kier molecular flexibility index (Phi) is 3.27. The number of hydrogen-bond donors (Lipinski definition) is 0. The van der Waals surface area contributed by atoms with Crippen LogP contribution in [-0.4, -0.2) is 9.55 Å². The number of aromatic nitrogens is 2. The van der Waals surface area contributed by atoms with Gasteiger partial charge in [-0.15, -0.1) is 0 Å². The molecule has 0 aliphatic carbocycles. The van der Waals surface area contributed by atoms with E-state index in [1.165, 1.54) is 6.33 Å². The van der Waals surface area contributed by atoms with Crippen molar-refractivity contribution in [3.8, 4) is 17.8 Å². The molecule has 0 saturated carbocycles. The Morgan fingerprint density at radius 3 is 2.16 bits per heavy atom. The zero-order valence-corrected chi connectivity index (χ0v) is 10.2. The van der Waals surface area contributed by atoms with Crippen LogP contribution in [0.2, 0.25) is 0 Å². The third kappa shape index (κ3) is 2.15. The third-order valence-corrected chi connectivity index (χ3v) is 2.69. The van der Waals surface area contributed by atoms with Crippen LogP contribution in [0.4, 0.5) is 0 Å². The first-order valence-corrected chi connectivity index (χ1v) is 5.51. The van der Waals surface area contributed by atoms with E-state index < -0.39 is 0 Å². The van der Waals surface area contributed by atoms with Crippen LogP contribution in [0.25, 0.3) is 17.8 Å².